The van der Waals surface area contributed by atoms with Gasteiger partial charge in [-0.2, -0.15) is 0 Å². The fourth-order valence-electron chi connectivity index (χ4n) is 1.56. The van der Waals surface area contributed by atoms with Crippen molar-refractivity contribution in [3.63, 3.8) is 0 Å². The van der Waals surface area contributed by atoms with Gasteiger partial charge in [0.15, 0.2) is 5.13 Å². The van der Waals surface area contributed by atoms with Crippen LogP contribution in [0.25, 0.3) is 0 Å². The topological polar surface area (TPSA) is 80.0 Å². The van der Waals surface area contributed by atoms with E-state index in [-0.39, 0.29) is 22.0 Å². The summed E-state index contributed by atoms with van der Waals surface area (Å²) in [6.45, 7) is 1.71. The van der Waals surface area contributed by atoms with Gasteiger partial charge in [-0.25, -0.2) is 9.37 Å². The average Bonchev–Trinajstić information content (AvgIpc) is 2.77. The van der Waals surface area contributed by atoms with Crippen LogP contribution in [0.4, 0.5) is 21.0 Å². The molecule has 5 nitrogen and oxygen atoms in total. The number of nitrogens with two attached hydrogens (primary N) is 1. The van der Waals surface area contributed by atoms with E-state index in [2.05, 4.69) is 31.5 Å². The number of aromatic nitrogens is 1. The Morgan fingerprint density at radius 1 is 1.50 bits per heavy atom. The number of hydrogen-bond donors (Lipinski definition) is 3. The normalized spacial score (nSPS) is 10.4. The maximum Gasteiger partial charge on any atom is 0.269 e. The number of carbonyl (C=O) groups is 1. The van der Waals surface area contributed by atoms with Crippen LogP contribution in [0.2, 0.25) is 0 Å². The molecule has 8 heteroatoms. The van der Waals surface area contributed by atoms with Gasteiger partial charge in [-0.15, -0.1) is 0 Å². The largest absolute Gasteiger partial charge is 0.382 e. The Labute approximate surface area is 127 Å². The summed E-state index contributed by atoms with van der Waals surface area (Å²) in [5.41, 5.74) is 6.83. The molecule has 2 rings (SSSR count). The molecule has 4 N–H and O–H groups in total. The first-order valence-corrected chi connectivity index (χ1v) is 7.24. The number of anilines is 3. The molecule has 0 radical (unpaired) electrons. The first-order chi connectivity index (χ1) is 9.42. The Kier molecular flexibility index (Phi) is 4.24. The van der Waals surface area contributed by atoms with Crippen molar-refractivity contribution >= 4 is 49.8 Å². The molecule has 1 heterocycles. The smallest absolute Gasteiger partial charge is 0.269 e. The van der Waals surface area contributed by atoms with E-state index in [1.54, 1.807) is 14.0 Å². The third-order valence-electron chi connectivity index (χ3n) is 2.59. The maximum atomic E-state index is 13.3. The third kappa shape index (κ3) is 2.91. The molecule has 0 aliphatic carbocycles. The molecule has 0 aliphatic heterocycles. The van der Waals surface area contributed by atoms with E-state index in [0.29, 0.717) is 21.3 Å². The van der Waals surface area contributed by atoms with Gasteiger partial charge in [0.25, 0.3) is 5.91 Å². The Morgan fingerprint density at radius 3 is 2.80 bits per heavy atom. The Bertz CT molecular complexity index is 674. The van der Waals surface area contributed by atoms with E-state index < -0.39 is 0 Å². The van der Waals surface area contributed by atoms with Crippen LogP contribution in [-0.4, -0.2) is 17.9 Å². The number of nitrogens with zero attached hydrogens (tertiary/aromatic N) is 1. The quantitative estimate of drug-likeness (QED) is 0.786. The van der Waals surface area contributed by atoms with E-state index in [4.69, 9.17) is 5.73 Å². The van der Waals surface area contributed by atoms with Gasteiger partial charge in [0, 0.05) is 12.7 Å². The summed E-state index contributed by atoms with van der Waals surface area (Å²) >= 11 is 4.24. The van der Waals surface area contributed by atoms with Gasteiger partial charge >= 0.3 is 0 Å². The highest BCUT2D eigenvalue weighted by Crippen LogP contribution is 2.28. The van der Waals surface area contributed by atoms with Crippen LogP contribution in [0, 0.1) is 12.7 Å². The monoisotopic (exact) mass is 358 g/mol. The lowest BCUT2D eigenvalue weighted by Gasteiger charge is -2.08. The fraction of sp³-hybridized carbons (Fsp3) is 0.167. The van der Waals surface area contributed by atoms with Crippen molar-refractivity contribution in [1.82, 2.24) is 4.98 Å². The van der Waals surface area contributed by atoms with E-state index in [9.17, 15) is 9.18 Å². The van der Waals surface area contributed by atoms with Gasteiger partial charge in [0.1, 0.15) is 16.5 Å². The molecular weight excluding hydrogens is 347 g/mol. The van der Waals surface area contributed by atoms with Crippen molar-refractivity contribution in [1.29, 1.82) is 0 Å². The number of rotatable bonds is 3. The van der Waals surface area contributed by atoms with Crippen LogP contribution in [0.5, 0.6) is 0 Å². The number of aryl methyl sites for hydroxylation is 1. The molecule has 1 aromatic carbocycles. The van der Waals surface area contributed by atoms with E-state index in [0.717, 1.165) is 11.3 Å². The molecule has 0 fully saturated rings. The summed E-state index contributed by atoms with van der Waals surface area (Å²) in [6.07, 6.45) is 0. The van der Waals surface area contributed by atoms with Gasteiger partial charge in [-0.1, -0.05) is 11.3 Å². The highest BCUT2D eigenvalue weighted by molar-refractivity contribution is 9.10. The SMILES string of the molecule is CNc1nc(N)c(C(=O)Nc2cc(Br)c(F)cc2C)s1. The number of halogens is 2. The molecule has 0 spiro atoms. The summed E-state index contributed by atoms with van der Waals surface area (Å²) in [5, 5.41) is 6.08. The second kappa shape index (κ2) is 5.76. The summed E-state index contributed by atoms with van der Waals surface area (Å²) in [7, 11) is 1.70. The van der Waals surface area contributed by atoms with Crippen molar-refractivity contribution in [3.8, 4) is 0 Å². The lowest BCUT2D eigenvalue weighted by molar-refractivity contribution is 0.103. The summed E-state index contributed by atoms with van der Waals surface area (Å²) in [4.78, 5) is 16.5. The van der Waals surface area contributed by atoms with Crippen LogP contribution < -0.4 is 16.4 Å². The summed E-state index contributed by atoms with van der Waals surface area (Å²) in [6, 6.07) is 2.85. The zero-order valence-electron chi connectivity index (χ0n) is 10.8. The number of amides is 1. The second-order valence-electron chi connectivity index (χ2n) is 4.02. The number of nitrogens with one attached hydrogen (secondary N) is 2. The number of hydrogen-bond acceptors (Lipinski definition) is 5. The van der Waals surface area contributed by atoms with Gasteiger partial charge in [0.2, 0.25) is 0 Å². The van der Waals surface area contributed by atoms with Crippen LogP contribution in [-0.2, 0) is 0 Å². The lowest BCUT2D eigenvalue weighted by atomic mass is 10.2. The van der Waals surface area contributed by atoms with E-state index in [1.165, 1.54) is 12.1 Å². The Morgan fingerprint density at radius 2 is 2.20 bits per heavy atom. The Hall–Kier alpha value is -1.67. The predicted molar refractivity (Wildman–Crippen MR) is 82.9 cm³/mol. The van der Waals surface area contributed by atoms with Crippen LogP contribution in [0.3, 0.4) is 0 Å². The zero-order valence-corrected chi connectivity index (χ0v) is 13.2. The van der Waals surface area contributed by atoms with E-state index >= 15 is 0 Å². The van der Waals surface area contributed by atoms with Crippen LogP contribution in [0.15, 0.2) is 16.6 Å². The minimum absolute atomic E-state index is 0.163. The van der Waals surface area contributed by atoms with Crippen molar-refractivity contribution in [3.05, 3.63) is 32.9 Å². The van der Waals surface area contributed by atoms with Crippen LogP contribution >= 0.6 is 27.3 Å². The fourth-order valence-corrected chi connectivity index (χ4v) is 2.64. The molecule has 1 aromatic heterocycles. The first kappa shape index (κ1) is 14.7. The van der Waals surface area contributed by atoms with Gasteiger partial charge < -0.3 is 16.4 Å². The molecule has 0 unspecified atom stereocenters. The van der Waals surface area contributed by atoms with Crippen molar-refractivity contribution < 1.29 is 9.18 Å². The highest BCUT2D eigenvalue weighted by Gasteiger charge is 2.17. The third-order valence-corrected chi connectivity index (χ3v) is 4.28. The number of benzene rings is 1. The molecule has 0 saturated heterocycles. The van der Waals surface area contributed by atoms with Gasteiger partial charge in [0.05, 0.1) is 4.47 Å². The highest BCUT2D eigenvalue weighted by atomic mass is 79.9. The molecule has 2 aromatic rings. The van der Waals surface area contributed by atoms with Crippen molar-refractivity contribution in [2.24, 2.45) is 0 Å². The molecule has 1 amide bonds. The van der Waals surface area contributed by atoms with Crippen LogP contribution in [0.1, 0.15) is 15.2 Å². The average molecular weight is 359 g/mol. The van der Waals surface area contributed by atoms with E-state index in [1.807, 2.05) is 0 Å². The Balaban J connectivity index is 2.27. The zero-order chi connectivity index (χ0) is 14.9. The molecule has 0 aliphatic rings. The van der Waals surface area contributed by atoms with Gasteiger partial charge in [-0.05, 0) is 40.5 Å². The molecule has 0 bridgehead atoms. The summed E-state index contributed by atoms with van der Waals surface area (Å²) < 4.78 is 13.6. The second-order valence-corrected chi connectivity index (χ2v) is 5.87. The first-order valence-electron chi connectivity index (χ1n) is 5.63. The number of nitrogen functional groups attached to an aromatic ring is 1. The molecule has 0 atom stereocenters. The number of thiazole rings is 1. The van der Waals surface area contributed by atoms with Crippen molar-refractivity contribution in [2.45, 2.75) is 6.92 Å². The summed E-state index contributed by atoms with van der Waals surface area (Å²) in [5.74, 6) is -0.589. The molecule has 0 saturated carbocycles. The van der Waals surface area contributed by atoms with Gasteiger partial charge in [-0.3, -0.25) is 4.79 Å². The molecule has 20 heavy (non-hydrogen) atoms. The standard InChI is InChI=1S/C12H12BrFN4OS/c1-5-3-7(14)6(13)4-8(5)17-11(19)9-10(15)18-12(16-2)20-9/h3-4H,15H2,1-2H3,(H,16,18)(H,17,19). The maximum absolute atomic E-state index is 13.3. The number of carbonyl (C=O) groups excluding carboxylic acids is 1. The minimum atomic E-state index is -0.379. The molecule has 106 valence electrons. The molecular formula is C12H12BrFN4OS. The lowest BCUT2D eigenvalue weighted by Crippen LogP contribution is -2.13. The predicted octanol–water partition coefficient (Wildman–Crippen LogP) is 3.23. The minimum Gasteiger partial charge on any atom is -0.382 e. The van der Waals surface area contributed by atoms with Crippen molar-refractivity contribution in [2.75, 3.05) is 23.4 Å².